The second kappa shape index (κ2) is 10.5. The maximum atomic E-state index is 12.7. The molecule has 1 aromatic carbocycles. The zero-order chi connectivity index (χ0) is 16.5. The first-order valence-electron chi connectivity index (χ1n) is 8.40. The van der Waals surface area contributed by atoms with Crippen molar-refractivity contribution < 1.29 is 14.3 Å². The molecule has 24 heavy (non-hydrogen) atoms. The van der Waals surface area contributed by atoms with E-state index in [2.05, 4.69) is 10.6 Å². The van der Waals surface area contributed by atoms with Gasteiger partial charge in [-0.25, -0.2) is 0 Å². The molecule has 1 saturated heterocycles. The van der Waals surface area contributed by atoms with Crippen molar-refractivity contribution in [3.8, 4) is 5.75 Å². The first-order valence-corrected chi connectivity index (χ1v) is 8.40. The molecular weight excluding hydrogens is 328 g/mol. The van der Waals surface area contributed by atoms with Gasteiger partial charge in [0.1, 0.15) is 5.75 Å². The van der Waals surface area contributed by atoms with Crippen LogP contribution in [0.1, 0.15) is 25.3 Å². The number of carbonyl (C=O) groups excluding carboxylic acids is 1. The second-order valence-electron chi connectivity index (χ2n) is 6.01. The van der Waals surface area contributed by atoms with E-state index in [0.29, 0.717) is 19.8 Å². The molecule has 0 aliphatic carbocycles. The molecule has 1 amide bonds. The summed E-state index contributed by atoms with van der Waals surface area (Å²) >= 11 is 0. The highest BCUT2D eigenvalue weighted by atomic mass is 35.5. The molecule has 0 radical (unpaired) electrons. The number of hydrogen-bond acceptors (Lipinski definition) is 4. The van der Waals surface area contributed by atoms with Gasteiger partial charge >= 0.3 is 0 Å². The van der Waals surface area contributed by atoms with E-state index in [1.165, 1.54) is 0 Å². The maximum absolute atomic E-state index is 12.7. The minimum atomic E-state index is -0.389. The molecule has 0 spiro atoms. The van der Waals surface area contributed by atoms with Crippen molar-refractivity contribution in [2.45, 2.75) is 26.2 Å². The Morgan fingerprint density at radius 1 is 1.29 bits per heavy atom. The van der Waals surface area contributed by atoms with Gasteiger partial charge in [0, 0.05) is 13.7 Å². The molecule has 0 aromatic heterocycles. The van der Waals surface area contributed by atoms with E-state index in [-0.39, 0.29) is 23.7 Å². The van der Waals surface area contributed by atoms with Crippen molar-refractivity contribution in [2.75, 3.05) is 40.0 Å². The minimum absolute atomic E-state index is 0. The normalized spacial score (nSPS) is 16.1. The molecule has 6 heteroatoms. The Bertz CT molecular complexity index is 499. The molecular formula is C18H29ClN2O3. The summed E-state index contributed by atoms with van der Waals surface area (Å²) in [7, 11) is 1.66. The lowest BCUT2D eigenvalue weighted by Gasteiger charge is -2.35. The lowest BCUT2D eigenvalue weighted by molar-refractivity contribution is -0.136. The Hall–Kier alpha value is -1.30. The summed E-state index contributed by atoms with van der Waals surface area (Å²) < 4.78 is 10.9. The van der Waals surface area contributed by atoms with Crippen LogP contribution in [0.2, 0.25) is 0 Å². The number of carbonyl (C=O) groups is 1. The van der Waals surface area contributed by atoms with Crippen LogP contribution in [0.5, 0.6) is 5.75 Å². The fourth-order valence-electron chi connectivity index (χ4n) is 3.12. The van der Waals surface area contributed by atoms with Crippen molar-refractivity contribution in [1.82, 2.24) is 10.6 Å². The van der Waals surface area contributed by atoms with Gasteiger partial charge in [0.2, 0.25) is 5.91 Å². The van der Waals surface area contributed by atoms with Crippen molar-refractivity contribution in [3.05, 3.63) is 29.8 Å². The third-order valence-corrected chi connectivity index (χ3v) is 4.42. The van der Waals surface area contributed by atoms with E-state index in [9.17, 15) is 4.79 Å². The minimum Gasteiger partial charge on any atom is -0.494 e. The molecule has 5 nitrogen and oxygen atoms in total. The van der Waals surface area contributed by atoms with Gasteiger partial charge in [-0.15, -0.1) is 12.4 Å². The summed E-state index contributed by atoms with van der Waals surface area (Å²) in [6.07, 6.45) is 2.41. The van der Waals surface area contributed by atoms with Crippen LogP contribution in [0.25, 0.3) is 0 Å². The van der Waals surface area contributed by atoms with Crippen LogP contribution in [0.3, 0.4) is 0 Å². The van der Waals surface area contributed by atoms with Gasteiger partial charge in [-0.3, -0.25) is 4.79 Å². The fraction of sp³-hybridized carbons (Fsp3) is 0.611. The summed E-state index contributed by atoms with van der Waals surface area (Å²) in [5, 5.41) is 6.40. The quantitative estimate of drug-likeness (QED) is 0.749. The van der Waals surface area contributed by atoms with Crippen LogP contribution in [0.15, 0.2) is 24.3 Å². The van der Waals surface area contributed by atoms with Gasteiger partial charge in [0.05, 0.1) is 18.6 Å². The summed E-state index contributed by atoms with van der Waals surface area (Å²) in [6.45, 7) is 5.45. The Morgan fingerprint density at radius 3 is 2.67 bits per heavy atom. The largest absolute Gasteiger partial charge is 0.494 e. The van der Waals surface area contributed by atoms with Crippen LogP contribution in [0.4, 0.5) is 0 Å². The number of halogens is 1. The van der Waals surface area contributed by atoms with E-state index in [1.54, 1.807) is 7.11 Å². The average molecular weight is 357 g/mol. The van der Waals surface area contributed by atoms with Crippen LogP contribution in [-0.4, -0.2) is 45.9 Å². The van der Waals surface area contributed by atoms with Gasteiger partial charge in [0.25, 0.3) is 0 Å². The number of hydrogen-bond donors (Lipinski definition) is 2. The first kappa shape index (κ1) is 20.7. The summed E-state index contributed by atoms with van der Waals surface area (Å²) in [5.74, 6) is 1.01. The molecule has 136 valence electrons. The van der Waals surface area contributed by atoms with Gasteiger partial charge in [-0.05, 0) is 50.9 Å². The third-order valence-electron chi connectivity index (χ3n) is 4.42. The van der Waals surface area contributed by atoms with Crippen LogP contribution < -0.4 is 15.4 Å². The standard InChI is InChI=1S/C18H28N2O3.ClH/c1-3-23-16-7-5-4-6-15(16)8-11-20-17(21)18(14-22-2)9-12-19-13-10-18;/h4-7,19H,3,8-14H2,1-2H3,(H,20,21);1H. The van der Waals surface area contributed by atoms with E-state index in [4.69, 9.17) is 9.47 Å². The predicted molar refractivity (Wildman–Crippen MR) is 98.0 cm³/mol. The number of ether oxygens (including phenoxy) is 2. The van der Waals surface area contributed by atoms with Gasteiger partial charge in [-0.2, -0.15) is 0 Å². The Balaban J connectivity index is 0.00000288. The Kier molecular flexibility index (Phi) is 9.11. The van der Waals surface area contributed by atoms with Gasteiger partial charge in [0.15, 0.2) is 0 Å². The number of amides is 1. The number of rotatable bonds is 8. The summed E-state index contributed by atoms with van der Waals surface area (Å²) in [5.41, 5.74) is 0.736. The van der Waals surface area contributed by atoms with Crippen molar-refractivity contribution in [1.29, 1.82) is 0 Å². The van der Waals surface area contributed by atoms with E-state index < -0.39 is 0 Å². The van der Waals surface area contributed by atoms with E-state index in [0.717, 1.165) is 43.7 Å². The fourth-order valence-corrected chi connectivity index (χ4v) is 3.12. The lowest BCUT2D eigenvalue weighted by Crippen LogP contribution is -2.50. The van der Waals surface area contributed by atoms with Crippen molar-refractivity contribution in [2.24, 2.45) is 5.41 Å². The highest BCUT2D eigenvalue weighted by Gasteiger charge is 2.39. The van der Waals surface area contributed by atoms with Gasteiger partial charge < -0.3 is 20.1 Å². The molecule has 1 aliphatic rings. The molecule has 1 aromatic rings. The van der Waals surface area contributed by atoms with E-state index in [1.807, 2.05) is 31.2 Å². The predicted octanol–water partition coefficient (Wildman–Crippen LogP) is 2.18. The highest BCUT2D eigenvalue weighted by molar-refractivity contribution is 5.85. The monoisotopic (exact) mass is 356 g/mol. The Morgan fingerprint density at radius 2 is 2.00 bits per heavy atom. The number of benzene rings is 1. The summed E-state index contributed by atoms with van der Waals surface area (Å²) in [4.78, 5) is 12.7. The Labute approximate surface area is 150 Å². The van der Waals surface area contributed by atoms with Crippen molar-refractivity contribution >= 4 is 18.3 Å². The number of para-hydroxylation sites is 1. The van der Waals surface area contributed by atoms with Gasteiger partial charge in [-0.1, -0.05) is 18.2 Å². The number of methoxy groups -OCH3 is 1. The zero-order valence-corrected chi connectivity index (χ0v) is 15.4. The van der Waals surface area contributed by atoms with Crippen LogP contribution in [0, 0.1) is 5.41 Å². The molecule has 1 heterocycles. The van der Waals surface area contributed by atoms with Crippen LogP contribution in [-0.2, 0) is 16.0 Å². The molecule has 0 bridgehead atoms. The first-order chi connectivity index (χ1) is 11.2. The van der Waals surface area contributed by atoms with Crippen molar-refractivity contribution in [3.63, 3.8) is 0 Å². The molecule has 0 atom stereocenters. The van der Waals surface area contributed by atoms with E-state index >= 15 is 0 Å². The van der Waals surface area contributed by atoms with Crippen LogP contribution >= 0.6 is 12.4 Å². The topological polar surface area (TPSA) is 59.6 Å². The molecule has 1 fully saturated rings. The molecule has 2 N–H and O–H groups in total. The average Bonchev–Trinajstić information content (AvgIpc) is 2.57. The highest BCUT2D eigenvalue weighted by Crippen LogP contribution is 2.29. The second-order valence-corrected chi connectivity index (χ2v) is 6.01. The number of nitrogens with one attached hydrogen (secondary N) is 2. The molecule has 1 aliphatic heterocycles. The smallest absolute Gasteiger partial charge is 0.228 e. The maximum Gasteiger partial charge on any atom is 0.228 e. The molecule has 2 rings (SSSR count). The lowest BCUT2D eigenvalue weighted by atomic mass is 9.78. The summed E-state index contributed by atoms with van der Waals surface area (Å²) in [6, 6.07) is 7.99. The number of piperidine rings is 1. The SMILES string of the molecule is CCOc1ccccc1CCNC(=O)C1(COC)CCNCC1.Cl. The molecule has 0 unspecified atom stereocenters. The third kappa shape index (κ3) is 5.36. The molecule has 0 saturated carbocycles. The zero-order valence-electron chi connectivity index (χ0n) is 14.6.